The van der Waals surface area contributed by atoms with Gasteiger partial charge in [-0.1, -0.05) is 12.1 Å². The van der Waals surface area contributed by atoms with E-state index in [0.717, 1.165) is 16.9 Å². The van der Waals surface area contributed by atoms with Gasteiger partial charge in [0.05, 0.1) is 7.11 Å². The van der Waals surface area contributed by atoms with Crippen LogP contribution in [0.15, 0.2) is 30.3 Å². The van der Waals surface area contributed by atoms with Gasteiger partial charge in [-0.2, -0.15) is 0 Å². The molecule has 0 atom stereocenters. The largest absolute Gasteiger partial charge is 0.497 e. The van der Waals surface area contributed by atoms with Crippen molar-refractivity contribution < 1.29 is 9.53 Å². The van der Waals surface area contributed by atoms with Crippen LogP contribution in [0.3, 0.4) is 0 Å². The Labute approximate surface area is 84.2 Å². The van der Waals surface area contributed by atoms with E-state index in [2.05, 4.69) is 0 Å². The molecule has 0 amide bonds. The van der Waals surface area contributed by atoms with Crippen LogP contribution in [0.4, 0.5) is 0 Å². The molecule has 0 aliphatic rings. The lowest BCUT2D eigenvalue weighted by Crippen LogP contribution is -1.87. The fourth-order valence-electron chi connectivity index (χ4n) is 1.24. The summed E-state index contributed by atoms with van der Waals surface area (Å²) in [5.74, 6) is 0.891. The number of carbonyl (C=O) groups is 1. The Morgan fingerprint density at radius 3 is 2.21 bits per heavy atom. The molecular formula is C12H14O2. The van der Waals surface area contributed by atoms with E-state index in [4.69, 9.17) is 4.74 Å². The summed E-state index contributed by atoms with van der Waals surface area (Å²) in [6.45, 7) is 3.47. The van der Waals surface area contributed by atoms with Crippen molar-refractivity contribution in [1.82, 2.24) is 0 Å². The molecule has 0 N–H and O–H groups in total. The zero-order chi connectivity index (χ0) is 10.6. The first-order valence-corrected chi connectivity index (χ1v) is 4.47. The van der Waals surface area contributed by atoms with Gasteiger partial charge in [-0.3, -0.25) is 4.79 Å². The third kappa shape index (κ3) is 2.73. The fraction of sp³-hybridized carbons (Fsp3) is 0.250. The summed E-state index contributed by atoms with van der Waals surface area (Å²) in [6.07, 6.45) is 1.63. The van der Waals surface area contributed by atoms with Gasteiger partial charge in [0.25, 0.3) is 0 Å². The van der Waals surface area contributed by atoms with E-state index in [1.165, 1.54) is 0 Å². The maximum absolute atomic E-state index is 10.8. The Morgan fingerprint density at radius 2 is 1.79 bits per heavy atom. The molecule has 1 rings (SSSR count). The van der Waals surface area contributed by atoms with Crippen molar-refractivity contribution in [2.45, 2.75) is 13.8 Å². The maximum Gasteiger partial charge on any atom is 0.152 e. The molecule has 0 heterocycles. The quantitative estimate of drug-likeness (QED) is 0.685. The zero-order valence-corrected chi connectivity index (χ0v) is 8.70. The minimum Gasteiger partial charge on any atom is -0.497 e. The Kier molecular flexibility index (Phi) is 3.46. The van der Waals surface area contributed by atoms with E-state index >= 15 is 0 Å². The Balaban J connectivity index is 2.92. The molecule has 0 fully saturated rings. The lowest BCUT2D eigenvalue weighted by molar-refractivity contribution is -0.112. The van der Waals surface area contributed by atoms with Gasteiger partial charge < -0.3 is 4.74 Å². The number of hydrogen-bond donors (Lipinski definition) is 0. The Hall–Kier alpha value is -1.57. The summed E-state index contributed by atoms with van der Waals surface area (Å²) in [7, 11) is 1.63. The second-order valence-electron chi connectivity index (χ2n) is 3.17. The third-order valence-electron chi connectivity index (χ3n) is 1.97. The van der Waals surface area contributed by atoms with Crippen molar-refractivity contribution in [3.63, 3.8) is 0 Å². The highest BCUT2D eigenvalue weighted by Gasteiger charge is 1.97. The zero-order valence-electron chi connectivity index (χ0n) is 8.70. The summed E-state index contributed by atoms with van der Waals surface area (Å²) < 4.78 is 5.04. The Bertz CT molecular complexity index is 347. The summed E-state index contributed by atoms with van der Waals surface area (Å²) in [5, 5.41) is 0. The van der Waals surface area contributed by atoms with E-state index in [0.29, 0.717) is 0 Å². The van der Waals surface area contributed by atoms with Gasteiger partial charge >= 0.3 is 0 Å². The van der Waals surface area contributed by atoms with E-state index in [1.807, 2.05) is 31.2 Å². The van der Waals surface area contributed by atoms with E-state index in [1.54, 1.807) is 20.1 Å². The van der Waals surface area contributed by atoms with Crippen molar-refractivity contribution in [2.75, 3.05) is 7.11 Å². The molecule has 2 heteroatoms. The van der Waals surface area contributed by atoms with Gasteiger partial charge in [0.1, 0.15) is 5.75 Å². The van der Waals surface area contributed by atoms with Gasteiger partial charge in [0, 0.05) is 0 Å². The van der Waals surface area contributed by atoms with Crippen LogP contribution >= 0.6 is 0 Å². The average molecular weight is 190 g/mol. The number of hydrogen-bond acceptors (Lipinski definition) is 2. The van der Waals surface area contributed by atoms with Crippen molar-refractivity contribution >= 4 is 11.4 Å². The SMILES string of the molecule is COc1ccc(C(C)=CC(C)=O)cc1. The van der Waals surface area contributed by atoms with Crippen LogP contribution < -0.4 is 4.74 Å². The first kappa shape index (κ1) is 10.5. The van der Waals surface area contributed by atoms with Gasteiger partial charge in [0.2, 0.25) is 0 Å². The van der Waals surface area contributed by atoms with Crippen molar-refractivity contribution in [3.8, 4) is 5.75 Å². The molecule has 0 unspecified atom stereocenters. The van der Waals surface area contributed by atoms with Crippen molar-refractivity contribution in [3.05, 3.63) is 35.9 Å². The highest BCUT2D eigenvalue weighted by atomic mass is 16.5. The number of methoxy groups -OCH3 is 1. The minimum atomic E-state index is 0.0679. The molecule has 0 radical (unpaired) electrons. The standard InChI is InChI=1S/C12H14O2/c1-9(8-10(2)13)11-4-6-12(14-3)7-5-11/h4-8H,1-3H3. The molecule has 14 heavy (non-hydrogen) atoms. The second-order valence-corrected chi connectivity index (χ2v) is 3.17. The van der Waals surface area contributed by atoms with Crippen LogP contribution in [0.1, 0.15) is 19.4 Å². The molecule has 74 valence electrons. The molecule has 0 aliphatic heterocycles. The predicted molar refractivity (Wildman–Crippen MR) is 57.3 cm³/mol. The van der Waals surface area contributed by atoms with Crippen LogP contribution in [-0.4, -0.2) is 12.9 Å². The van der Waals surface area contributed by atoms with Crippen molar-refractivity contribution in [2.24, 2.45) is 0 Å². The molecule has 0 aliphatic carbocycles. The molecular weight excluding hydrogens is 176 g/mol. The number of benzene rings is 1. The number of carbonyl (C=O) groups excluding carboxylic acids is 1. The van der Waals surface area contributed by atoms with Crippen molar-refractivity contribution in [1.29, 1.82) is 0 Å². The normalized spacial score (nSPS) is 11.2. The van der Waals surface area contributed by atoms with Crippen LogP contribution in [0.5, 0.6) is 5.75 Å². The monoisotopic (exact) mass is 190 g/mol. The smallest absolute Gasteiger partial charge is 0.152 e. The first-order chi connectivity index (χ1) is 6.63. The third-order valence-corrected chi connectivity index (χ3v) is 1.97. The number of allylic oxidation sites excluding steroid dienone is 2. The van der Waals surface area contributed by atoms with Gasteiger partial charge in [0.15, 0.2) is 5.78 Å². The van der Waals surface area contributed by atoms with Crippen LogP contribution in [0, 0.1) is 0 Å². The predicted octanol–water partition coefficient (Wildman–Crippen LogP) is 2.69. The van der Waals surface area contributed by atoms with Gasteiger partial charge in [-0.05, 0) is 43.2 Å². The second kappa shape index (κ2) is 4.61. The van der Waals surface area contributed by atoms with Crippen LogP contribution in [0.25, 0.3) is 5.57 Å². The summed E-state index contributed by atoms with van der Waals surface area (Å²) in [6, 6.07) is 7.64. The van der Waals surface area contributed by atoms with Crippen LogP contribution in [-0.2, 0) is 4.79 Å². The molecule has 0 bridgehead atoms. The summed E-state index contributed by atoms with van der Waals surface area (Å²) in [4.78, 5) is 10.8. The number of rotatable bonds is 3. The molecule has 1 aromatic carbocycles. The number of ether oxygens (including phenoxy) is 1. The van der Waals surface area contributed by atoms with E-state index in [9.17, 15) is 4.79 Å². The first-order valence-electron chi connectivity index (χ1n) is 4.47. The van der Waals surface area contributed by atoms with E-state index in [-0.39, 0.29) is 5.78 Å². The topological polar surface area (TPSA) is 26.3 Å². The molecule has 0 spiro atoms. The highest BCUT2D eigenvalue weighted by molar-refractivity contribution is 5.94. The van der Waals surface area contributed by atoms with E-state index < -0.39 is 0 Å². The lowest BCUT2D eigenvalue weighted by atomic mass is 10.1. The molecule has 2 nitrogen and oxygen atoms in total. The van der Waals surface area contributed by atoms with Crippen LogP contribution in [0.2, 0.25) is 0 Å². The lowest BCUT2D eigenvalue weighted by Gasteiger charge is -2.02. The molecule has 0 aromatic heterocycles. The number of ketones is 1. The summed E-state index contributed by atoms with van der Waals surface area (Å²) >= 11 is 0. The summed E-state index contributed by atoms with van der Waals surface area (Å²) in [5.41, 5.74) is 2.01. The Morgan fingerprint density at radius 1 is 1.21 bits per heavy atom. The van der Waals surface area contributed by atoms with Gasteiger partial charge in [-0.15, -0.1) is 0 Å². The van der Waals surface area contributed by atoms with Gasteiger partial charge in [-0.25, -0.2) is 0 Å². The minimum absolute atomic E-state index is 0.0679. The molecule has 0 saturated carbocycles. The highest BCUT2D eigenvalue weighted by Crippen LogP contribution is 2.17. The molecule has 1 aromatic rings. The molecule has 0 saturated heterocycles. The fourth-order valence-corrected chi connectivity index (χ4v) is 1.24. The maximum atomic E-state index is 10.8. The average Bonchev–Trinajstić information content (AvgIpc) is 2.17.